The van der Waals surface area contributed by atoms with Crippen LogP contribution in [0.3, 0.4) is 0 Å². The van der Waals surface area contributed by atoms with Crippen LogP contribution in [-0.2, 0) is 44.9 Å². The Morgan fingerprint density at radius 2 is 0.709 bits per heavy atom. The molecule has 0 aliphatic rings. The first-order valence-electron chi connectivity index (χ1n) is 26.2. The molecule has 0 bridgehead atoms. The van der Waals surface area contributed by atoms with Gasteiger partial charge in [-0.25, -0.2) is 14.5 Å². The summed E-state index contributed by atoms with van der Waals surface area (Å²) >= 11 is 35.5. The molecule has 86 heavy (non-hydrogen) atoms. The lowest BCUT2D eigenvalue weighted by Gasteiger charge is -2.24. The summed E-state index contributed by atoms with van der Waals surface area (Å²) in [5.74, 6) is 0.990. The summed E-state index contributed by atoms with van der Waals surface area (Å²) in [5.41, 5.74) is 12.0. The first kappa shape index (κ1) is 68.7. The third-order valence-corrected chi connectivity index (χ3v) is 25.6. The highest BCUT2D eigenvalue weighted by molar-refractivity contribution is 7.69. The zero-order chi connectivity index (χ0) is 60.2. The normalized spacial score (nSPS) is 11.3. The maximum absolute atomic E-state index is 5.79. The van der Waals surface area contributed by atoms with Gasteiger partial charge in [-0.15, -0.1) is 102 Å². The second kappa shape index (κ2) is 33.7. The van der Waals surface area contributed by atoms with Crippen LogP contribution in [0.5, 0.6) is 0 Å². The standard InChI is InChI=1S/C28H27N2O3S2Si.C18H12N2S2.C10H15ClO3Si.C7H6Cl4Si.ClH/c1-31-36(32-2,33-3)24-10-8-21(9-11-24)20-30-14-12-22(13-15-30)23-18-25(27-6-4-16-34-27)29-26(19-23)28-7-5-17-35-28;1-3-17(21-9-1)15-11-14(13-5-7-19-8-6-13)12-16(20-15)18-4-2-10-22-18;1-12-15(13-2,14-3)10-6-4-9(8-11)5-7-10;8-5-6-1-3-7(4-2-6)12(9,10)11;/h4-19H,20H2,1-3H3;1-12H;4-7H,8H2,1-3H3;1-4H,5H2;1H/q+1;;;;/p-1. The number of hydrogen-bond acceptors (Lipinski definition) is 13. The molecule has 446 valence electrons. The molecule has 0 atom stereocenters. The highest BCUT2D eigenvalue weighted by Gasteiger charge is 2.41. The van der Waals surface area contributed by atoms with Crippen molar-refractivity contribution in [2.75, 3.05) is 42.7 Å². The number of hydrogen-bond donors (Lipinski definition) is 0. The minimum Gasteiger partial charge on any atom is -1.00 e. The number of pyridine rings is 4. The van der Waals surface area contributed by atoms with E-state index in [1.807, 2.05) is 85.2 Å². The first-order chi connectivity index (χ1) is 41.3. The van der Waals surface area contributed by atoms with Gasteiger partial charge in [-0.2, -0.15) is 0 Å². The van der Waals surface area contributed by atoms with Crippen molar-refractivity contribution in [1.82, 2.24) is 15.0 Å². The molecule has 0 radical (unpaired) electrons. The molecule has 0 aliphatic heterocycles. The number of thiophene rings is 4. The van der Waals surface area contributed by atoms with Gasteiger partial charge in [-0.1, -0.05) is 97.1 Å². The monoisotopic (exact) mass is 1390 g/mol. The van der Waals surface area contributed by atoms with E-state index in [0.717, 1.165) is 72.7 Å². The van der Waals surface area contributed by atoms with Crippen molar-refractivity contribution < 1.29 is 43.5 Å². The summed E-state index contributed by atoms with van der Waals surface area (Å²) in [6.07, 6.45) is 7.90. The third-order valence-electron chi connectivity index (χ3n) is 13.2. The Labute approximate surface area is 552 Å². The van der Waals surface area contributed by atoms with Crippen LogP contribution < -0.4 is 32.5 Å². The number of rotatable bonds is 19. The van der Waals surface area contributed by atoms with Crippen molar-refractivity contribution >= 4 is 141 Å². The van der Waals surface area contributed by atoms with Crippen molar-refractivity contribution in [1.29, 1.82) is 0 Å². The van der Waals surface area contributed by atoms with Crippen molar-refractivity contribution in [2.24, 2.45) is 0 Å². The van der Waals surface area contributed by atoms with E-state index in [4.69, 9.17) is 93.0 Å². The molecule has 0 saturated carbocycles. The van der Waals surface area contributed by atoms with Gasteiger partial charge in [-0.3, -0.25) is 4.98 Å². The highest BCUT2D eigenvalue weighted by atomic mass is 35.8. The number of aromatic nitrogens is 4. The van der Waals surface area contributed by atoms with E-state index >= 15 is 0 Å². The maximum Gasteiger partial charge on any atom is 0.536 e. The van der Waals surface area contributed by atoms with Crippen LogP contribution in [0.4, 0.5) is 0 Å². The van der Waals surface area contributed by atoms with Crippen LogP contribution in [0.25, 0.3) is 64.5 Å². The molecule has 0 aliphatic carbocycles. The van der Waals surface area contributed by atoms with Gasteiger partial charge in [-0.05, 0) is 121 Å². The van der Waals surface area contributed by atoms with Crippen molar-refractivity contribution in [2.45, 2.75) is 18.3 Å². The summed E-state index contributed by atoms with van der Waals surface area (Å²) < 4.78 is 35.0. The van der Waals surface area contributed by atoms with Crippen LogP contribution in [0.15, 0.2) is 216 Å². The summed E-state index contributed by atoms with van der Waals surface area (Å²) in [5, 5.41) is 11.0. The van der Waals surface area contributed by atoms with Gasteiger partial charge in [0.15, 0.2) is 18.9 Å². The molecule has 23 heteroatoms. The van der Waals surface area contributed by atoms with Gasteiger partial charge < -0.3 is 39.0 Å². The number of alkyl halides is 2. The molecule has 11 aromatic rings. The first-order valence-corrected chi connectivity index (χ1v) is 39.2. The molecule has 3 aromatic carbocycles. The lowest BCUT2D eigenvalue weighted by Crippen LogP contribution is -3.00. The average molecular weight is 1390 g/mol. The lowest BCUT2D eigenvalue weighted by atomic mass is 10.0. The van der Waals surface area contributed by atoms with E-state index in [1.165, 1.54) is 30.6 Å². The Balaban J connectivity index is 0.000000180. The van der Waals surface area contributed by atoms with Crippen molar-refractivity contribution in [3.63, 3.8) is 0 Å². The molecule has 10 nitrogen and oxygen atoms in total. The second-order valence-electron chi connectivity index (χ2n) is 18.3. The number of nitrogens with zero attached hydrogens (tertiary/aromatic N) is 4. The van der Waals surface area contributed by atoms with E-state index in [2.05, 4.69) is 141 Å². The molecule has 0 spiro atoms. The largest absolute Gasteiger partial charge is 1.00 e. The SMILES string of the molecule is CO[Si](OC)(OC)c1ccc(CCl)cc1.CO[Si](OC)(OC)c1ccc(C[n+]2ccc(-c3cc(-c4cccs4)nc(-c4cccs4)c3)cc2)cc1.ClCc1ccc([Si](Cl)(Cl)Cl)cc1.[Cl-].c1csc(-c2cc(-c3ccncc3)cc(-c3cccs3)n2)c1. The Morgan fingerprint density at radius 3 is 1.00 bits per heavy atom. The predicted molar refractivity (Wildman–Crippen MR) is 364 cm³/mol. The van der Waals surface area contributed by atoms with E-state index < -0.39 is 23.6 Å². The van der Waals surface area contributed by atoms with Gasteiger partial charge >= 0.3 is 23.6 Å². The van der Waals surface area contributed by atoms with Gasteiger partial charge in [0.05, 0.1) is 42.3 Å². The Hall–Kier alpha value is -4.79. The number of halogens is 6. The molecule has 0 unspecified atom stereocenters. The molecule has 0 fully saturated rings. The quantitative estimate of drug-likeness (QED) is 0.0339. The Morgan fingerprint density at radius 1 is 0.395 bits per heavy atom. The molecule has 0 saturated heterocycles. The van der Waals surface area contributed by atoms with Gasteiger partial charge in [0, 0.05) is 94.9 Å². The topological polar surface area (TPSA) is 97.9 Å². The van der Waals surface area contributed by atoms with Crippen LogP contribution >= 0.6 is 102 Å². The van der Waals surface area contributed by atoms with Gasteiger partial charge in [0.1, 0.15) is 0 Å². The van der Waals surface area contributed by atoms with Crippen molar-refractivity contribution in [3.8, 4) is 64.5 Å². The van der Waals surface area contributed by atoms with Gasteiger partial charge in [0.25, 0.3) is 0 Å². The van der Waals surface area contributed by atoms with E-state index in [9.17, 15) is 0 Å². The molecular formula is C63H60Cl6N4O6S4Si3. The minimum absolute atomic E-state index is 0. The fourth-order valence-corrected chi connectivity index (χ4v) is 17.1. The zero-order valence-corrected chi connectivity index (χ0v) is 58.3. The maximum atomic E-state index is 5.79. The van der Waals surface area contributed by atoms with E-state index in [-0.39, 0.29) is 12.4 Å². The van der Waals surface area contributed by atoms with E-state index in [0.29, 0.717) is 11.8 Å². The molecule has 11 rings (SSSR count). The summed E-state index contributed by atoms with van der Waals surface area (Å²) in [4.78, 5) is 18.6. The zero-order valence-electron chi connectivity index (χ0n) is 47.5. The highest BCUT2D eigenvalue weighted by Crippen LogP contribution is 2.35. The summed E-state index contributed by atoms with van der Waals surface area (Å²) in [6, 6.07) is 54.5. The summed E-state index contributed by atoms with van der Waals surface area (Å²) in [7, 11) is 4.17. The fraction of sp³-hybridized carbons (Fsp3) is 0.143. The lowest BCUT2D eigenvalue weighted by molar-refractivity contribution is -0.688. The molecule has 0 amide bonds. The van der Waals surface area contributed by atoms with Crippen molar-refractivity contribution in [3.05, 3.63) is 233 Å². The molecule has 8 heterocycles. The fourth-order valence-electron chi connectivity index (χ4n) is 8.71. The van der Waals surface area contributed by atoms with Crippen LogP contribution in [-0.4, -0.2) is 81.2 Å². The Kier molecular flexibility index (Phi) is 26.9. The summed E-state index contributed by atoms with van der Waals surface area (Å²) in [6.45, 7) is 0.763. The molecule has 0 N–H and O–H groups in total. The second-order valence-corrected chi connectivity index (χ2v) is 36.9. The van der Waals surface area contributed by atoms with Crippen LogP contribution in [0.1, 0.15) is 16.7 Å². The smallest absolute Gasteiger partial charge is 0.536 e. The van der Waals surface area contributed by atoms with E-state index in [1.54, 1.807) is 88.0 Å². The van der Waals surface area contributed by atoms with Crippen LogP contribution in [0, 0.1) is 0 Å². The predicted octanol–water partition coefficient (Wildman–Crippen LogP) is 13.0. The van der Waals surface area contributed by atoms with Crippen LogP contribution in [0.2, 0.25) is 0 Å². The molecule has 8 aromatic heterocycles. The average Bonchev–Trinajstić information content (AvgIpc) is 4.39. The Bertz CT molecular complexity index is 3600. The van der Waals surface area contributed by atoms with Gasteiger partial charge in [0.2, 0.25) is 0 Å². The minimum atomic E-state index is -2.81. The number of benzene rings is 3. The third kappa shape index (κ3) is 18.2. The molecular weight excluding hydrogens is 1330 g/mol.